The van der Waals surface area contributed by atoms with Crippen LogP contribution in [0, 0.1) is 6.92 Å². The quantitative estimate of drug-likeness (QED) is 0.716. The highest BCUT2D eigenvalue weighted by atomic mass is 16.5. The number of para-hydroxylation sites is 1. The van der Waals surface area contributed by atoms with Gasteiger partial charge < -0.3 is 9.47 Å². The zero-order chi connectivity index (χ0) is 12.6. The molecule has 0 amide bonds. The molecule has 0 aliphatic carbocycles. The average Bonchev–Trinajstić information content (AvgIpc) is 2.40. The lowest BCUT2D eigenvalue weighted by atomic mass is 10.2. The molecular weight excluding hydrogens is 224 g/mol. The number of hydrogen-bond donors (Lipinski definition) is 0. The fourth-order valence-corrected chi connectivity index (χ4v) is 1.66. The zero-order valence-electron chi connectivity index (χ0n) is 10.6. The highest BCUT2D eigenvalue weighted by Gasteiger charge is 1.95. The Morgan fingerprint density at radius 3 is 2.17 bits per heavy atom. The van der Waals surface area contributed by atoms with Crippen LogP contribution in [0.1, 0.15) is 12.0 Å². The molecule has 2 aromatic carbocycles. The molecule has 0 radical (unpaired) electrons. The molecule has 0 spiro atoms. The Bertz CT molecular complexity index is 466. The summed E-state index contributed by atoms with van der Waals surface area (Å²) in [4.78, 5) is 0. The topological polar surface area (TPSA) is 18.5 Å². The van der Waals surface area contributed by atoms with Gasteiger partial charge >= 0.3 is 0 Å². The molecule has 94 valence electrons. The van der Waals surface area contributed by atoms with Crippen LogP contribution < -0.4 is 9.47 Å². The molecule has 0 fully saturated rings. The van der Waals surface area contributed by atoms with Gasteiger partial charge in [0.1, 0.15) is 11.5 Å². The standard InChI is InChI=1S/C16H18O2/c1-14-7-5-10-16(13-14)18-12-6-11-17-15-8-3-2-4-9-15/h2-5,7-10,13H,6,11-12H2,1H3. The number of rotatable bonds is 6. The third-order valence-corrected chi connectivity index (χ3v) is 2.56. The van der Waals surface area contributed by atoms with E-state index in [2.05, 4.69) is 13.0 Å². The van der Waals surface area contributed by atoms with Gasteiger partial charge in [-0.2, -0.15) is 0 Å². The minimum atomic E-state index is 0.676. The minimum absolute atomic E-state index is 0.676. The maximum atomic E-state index is 5.64. The third-order valence-electron chi connectivity index (χ3n) is 2.56. The van der Waals surface area contributed by atoms with Crippen molar-refractivity contribution in [3.63, 3.8) is 0 Å². The summed E-state index contributed by atoms with van der Waals surface area (Å²) in [6.07, 6.45) is 0.878. The van der Waals surface area contributed by atoms with Crippen LogP contribution in [0.15, 0.2) is 54.6 Å². The summed E-state index contributed by atoms with van der Waals surface area (Å²) < 4.78 is 11.2. The van der Waals surface area contributed by atoms with Crippen LogP contribution >= 0.6 is 0 Å². The fourth-order valence-electron chi connectivity index (χ4n) is 1.66. The van der Waals surface area contributed by atoms with Crippen molar-refractivity contribution in [2.24, 2.45) is 0 Å². The van der Waals surface area contributed by atoms with Crippen molar-refractivity contribution in [3.8, 4) is 11.5 Å². The Morgan fingerprint density at radius 2 is 1.44 bits per heavy atom. The first-order valence-corrected chi connectivity index (χ1v) is 6.22. The van der Waals surface area contributed by atoms with Crippen LogP contribution in [-0.4, -0.2) is 13.2 Å². The second-order valence-electron chi connectivity index (χ2n) is 4.18. The SMILES string of the molecule is Cc1cccc(OCCCOc2ccccc2)c1. The van der Waals surface area contributed by atoms with Gasteiger partial charge in [0, 0.05) is 6.42 Å². The van der Waals surface area contributed by atoms with Crippen molar-refractivity contribution >= 4 is 0 Å². The van der Waals surface area contributed by atoms with Gasteiger partial charge in [-0.15, -0.1) is 0 Å². The van der Waals surface area contributed by atoms with E-state index in [1.165, 1.54) is 5.56 Å². The van der Waals surface area contributed by atoms with Crippen LogP contribution in [0.5, 0.6) is 11.5 Å². The monoisotopic (exact) mass is 242 g/mol. The van der Waals surface area contributed by atoms with Gasteiger partial charge in [-0.3, -0.25) is 0 Å². The van der Waals surface area contributed by atoms with Crippen LogP contribution in [0.25, 0.3) is 0 Å². The highest BCUT2D eigenvalue weighted by Crippen LogP contribution is 2.13. The predicted octanol–water partition coefficient (Wildman–Crippen LogP) is 3.84. The van der Waals surface area contributed by atoms with Gasteiger partial charge in [0.25, 0.3) is 0 Å². The van der Waals surface area contributed by atoms with E-state index in [0.29, 0.717) is 13.2 Å². The predicted molar refractivity (Wildman–Crippen MR) is 73.2 cm³/mol. The molecule has 0 bridgehead atoms. The molecule has 2 nitrogen and oxygen atoms in total. The van der Waals surface area contributed by atoms with E-state index in [1.807, 2.05) is 48.5 Å². The van der Waals surface area contributed by atoms with Crippen LogP contribution in [0.4, 0.5) is 0 Å². The molecule has 2 aromatic rings. The minimum Gasteiger partial charge on any atom is -0.493 e. The van der Waals surface area contributed by atoms with Crippen LogP contribution in [-0.2, 0) is 0 Å². The van der Waals surface area contributed by atoms with E-state index in [1.54, 1.807) is 0 Å². The summed E-state index contributed by atoms with van der Waals surface area (Å²) in [5.41, 5.74) is 1.22. The largest absolute Gasteiger partial charge is 0.493 e. The van der Waals surface area contributed by atoms with Gasteiger partial charge in [0.2, 0.25) is 0 Å². The molecule has 0 heterocycles. The Hall–Kier alpha value is -1.96. The highest BCUT2D eigenvalue weighted by molar-refractivity contribution is 5.27. The normalized spacial score (nSPS) is 10.1. The molecule has 0 aliphatic heterocycles. The molecule has 0 N–H and O–H groups in total. The van der Waals surface area contributed by atoms with Gasteiger partial charge in [-0.05, 0) is 36.8 Å². The van der Waals surface area contributed by atoms with Crippen molar-refractivity contribution in [2.75, 3.05) is 13.2 Å². The molecular formula is C16H18O2. The Balaban J connectivity index is 1.65. The number of benzene rings is 2. The molecule has 18 heavy (non-hydrogen) atoms. The van der Waals surface area contributed by atoms with E-state index in [4.69, 9.17) is 9.47 Å². The van der Waals surface area contributed by atoms with Crippen LogP contribution in [0.3, 0.4) is 0 Å². The third kappa shape index (κ3) is 4.13. The maximum Gasteiger partial charge on any atom is 0.119 e. The molecule has 0 unspecified atom stereocenters. The first kappa shape index (κ1) is 12.5. The van der Waals surface area contributed by atoms with Gasteiger partial charge in [-0.25, -0.2) is 0 Å². The summed E-state index contributed by atoms with van der Waals surface area (Å²) in [5, 5.41) is 0. The summed E-state index contributed by atoms with van der Waals surface area (Å²) in [6, 6.07) is 17.9. The van der Waals surface area contributed by atoms with Crippen molar-refractivity contribution in [2.45, 2.75) is 13.3 Å². The first-order valence-electron chi connectivity index (χ1n) is 6.22. The van der Waals surface area contributed by atoms with Gasteiger partial charge in [0.15, 0.2) is 0 Å². The Labute approximate surface area is 108 Å². The maximum absolute atomic E-state index is 5.64. The second-order valence-corrected chi connectivity index (χ2v) is 4.18. The Morgan fingerprint density at radius 1 is 0.778 bits per heavy atom. The van der Waals surface area contributed by atoms with E-state index in [0.717, 1.165) is 17.9 Å². The van der Waals surface area contributed by atoms with Crippen molar-refractivity contribution < 1.29 is 9.47 Å². The van der Waals surface area contributed by atoms with Gasteiger partial charge in [0.05, 0.1) is 13.2 Å². The smallest absolute Gasteiger partial charge is 0.119 e. The lowest BCUT2D eigenvalue weighted by molar-refractivity contribution is 0.247. The lowest BCUT2D eigenvalue weighted by Crippen LogP contribution is -2.04. The number of ether oxygens (including phenoxy) is 2. The van der Waals surface area contributed by atoms with E-state index in [9.17, 15) is 0 Å². The van der Waals surface area contributed by atoms with Crippen LogP contribution in [0.2, 0.25) is 0 Å². The lowest BCUT2D eigenvalue weighted by Gasteiger charge is -2.08. The Kier molecular flexibility index (Phi) is 4.65. The number of hydrogen-bond acceptors (Lipinski definition) is 2. The molecule has 2 heteroatoms. The number of aryl methyl sites for hydroxylation is 1. The molecule has 2 rings (SSSR count). The fraction of sp³-hybridized carbons (Fsp3) is 0.250. The van der Waals surface area contributed by atoms with E-state index in [-0.39, 0.29) is 0 Å². The molecule has 0 aromatic heterocycles. The van der Waals surface area contributed by atoms with Gasteiger partial charge in [-0.1, -0.05) is 30.3 Å². The summed E-state index contributed by atoms with van der Waals surface area (Å²) in [5.74, 6) is 1.84. The molecule has 0 saturated heterocycles. The van der Waals surface area contributed by atoms with Crippen molar-refractivity contribution in [3.05, 3.63) is 60.2 Å². The summed E-state index contributed by atoms with van der Waals surface area (Å²) in [6.45, 7) is 3.41. The van der Waals surface area contributed by atoms with E-state index >= 15 is 0 Å². The molecule has 0 aliphatic rings. The summed E-state index contributed by atoms with van der Waals surface area (Å²) in [7, 11) is 0. The molecule has 0 atom stereocenters. The average molecular weight is 242 g/mol. The van der Waals surface area contributed by atoms with E-state index < -0.39 is 0 Å². The molecule has 0 saturated carbocycles. The summed E-state index contributed by atoms with van der Waals surface area (Å²) >= 11 is 0. The van der Waals surface area contributed by atoms with Crippen molar-refractivity contribution in [1.29, 1.82) is 0 Å². The zero-order valence-corrected chi connectivity index (χ0v) is 10.6. The first-order chi connectivity index (χ1) is 8.84. The second kappa shape index (κ2) is 6.70. The van der Waals surface area contributed by atoms with Crippen molar-refractivity contribution in [1.82, 2.24) is 0 Å².